The van der Waals surface area contributed by atoms with Crippen molar-refractivity contribution in [3.63, 3.8) is 0 Å². The minimum absolute atomic E-state index is 0.231. The maximum atomic E-state index is 10.9. The van der Waals surface area contributed by atoms with Gasteiger partial charge in [-0.05, 0) is 18.6 Å². The maximum absolute atomic E-state index is 10.9. The molecule has 0 saturated carbocycles. The van der Waals surface area contributed by atoms with Gasteiger partial charge in [-0.3, -0.25) is 4.79 Å². The Morgan fingerprint density at radius 1 is 1.38 bits per heavy atom. The number of thioether (sulfide) groups is 1. The molecule has 5 heteroatoms. The second kappa shape index (κ2) is 11.2. The molecule has 1 atom stereocenters. The normalized spacial score (nSPS) is 12.6. The molecule has 0 radical (unpaired) electrons. The Morgan fingerprint density at radius 2 is 2.12 bits per heavy atom. The molecular formula is C11H23NO3S. The fraction of sp³-hybridized carbons (Fsp3) is 0.909. The van der Waals surface area contributed by atoms with Crippen molar-refractivity contribution in [2.75, 3.05) is 24.7 Å². The summed E-state index contributed by atoms with van der Waals surface area (Å²) in [4.78, 5) is 10.9. The first-order valence-corrected chi connectivity index (χ1v) is 7.02. The zero-order chi connectivity index (χ0) is 12.2. The predicted octanol–water partition coefficient (Wildman–Crippen LogP) is 1.33. The summed E-state index contributed by atoms with van der Waals surface area (Å²) >= 11 is 1.74. The van der Waals surface area contributed by atoms with Gasteiger partial charge in [0.25, 0.3) is 0 Å². The molecule has 3 N–H and O–H groups in total. The number of carboxylic acid groups (broad SMARTS) is 1. The van der Waals surface area contributed by atoms with Gasteiger partial charge in [0.2, 0.25) is 0 Å². The Balaban J connectivity index is 3.48. The number of hydrogen-bond acceptors (Lipinski definition) is 4. The topological polar surface area (TPSA) is 69.6 Å². The van der Waals surface area contributed by atoms with Crippen LogP contribution in [0.15, 0.2) is 0 Å². The third-order valence-electron chi connectivity index (χ3n) is 2.23. The predicted molar refractivity (Wildman–Crippen MR) is 68.0 cm³/mol. The van der Waals surface area contributed by atoms with Crippen molar-refractivity contribution in [1.29, 1.82) is 0 Å². The van der Waals surface area contributed by atoms with E-state index in [0.717, 1.165) is 37.3 Å². The highest BCUT2D eigenvalue weighted by Gasteiger charge is 2.14. The zero-order valence-corrected chi connectivity index (χ0v) is 10.8. The van der Waals surface area contributed by atoms with Crippen LogP contribution in [0.25, 0.3) is 0 Å². The summed E-state index contributed by atoms with van der Waals surface area (Å²) in [5.74, 6) is 1.08. The molecule has 0 aliphatic heterocycles. The van der Waals surface area contributed by atoms with E-state index < -0.39 is 12.0 Å². The molecule has 0 rings (SSSR count). The van der Waals surface area contributed by atoms with Crippen molar-refractivity contribution in [3.05, 3.63) is 0 Å². The zero-order valence-electron chi connectivity index (χ0n) is 9.95. The molecule has 0 aliphatic rings. The lowest BCUT2D eigenvalue weighted by atomic mass is 10.1. The third kappa shape index (κ3) is 9.00. The summed E-state index contributed by atoms with van der Waals surface area (Å²) in [5, 5.41) is 20.6. The lowest BCUT2D eigenvalue weighted by Crippen LogP contribution is -2.37. The fourth-order valence-corrected chi connectivity index (χ4v) is 2.09. The summed E-state index contributed by atoms with van der Waals surface area (Å²) in [6.07, 6.45) is 3.48. The number of unbranched alkanes of at least 4 members (excludes halogenated alkanes) is 1. The molecule has 0 aromatic rings. The summed E-state index contributed by atoms with van der Waals surface area (Å²) in [5.41, 5.74) is 0. The summed E-state index contributed by atoms with van der Waals surface area (Å²) in [6.45, 7) is 3.01. The smallest absolute Gasteiger partial charge is 0.320 e. The molecule has 0 bridgehead atoms. The van der Waals surface area contributed by atoms with Crippen LogP contribution in [0.5, 0.6) is 0 Å². The first kappa shape index (κ1) is 15.7. The number of aliphatic hydroxyl groups is 1. The van der Waals surface area contributed by atoms with E-state index in [0.29, 0.717) is 6.42 Å². The fourth-order valence-electron chi connectivity index (χ4n) is 1.30. The molecule has 0 amide bonds. The lowest BCUT2D eigenvalue weighted by molar-refractivity contribution is -0.139. The van der Waals surface area contributed by atoms with Gasteiger partial charge < -0.3 is 15.5 Å². The number of aliphatic carboxylic acids is 1. The van der Waals surface area contributed by atoms with E-state index in [1.165, 1.54) is 0 Å². The number of carboxylic acids is 1. The molecule has 0 heterocycles. The van der Waals surface area contributed by atoms with Crippen LogP contribution in [0.2, 0.25) is 0 Å². The highest BCUT2D eigenvalue weighted by molar-refractivity contribution is 7.99. The standard InChI is InChI=1S/C11H23NO3S/c1-2-3-5-10(11(14)15)12-6-9-16-8-4-7-13/h10,12-13H,2-9H2,1H3,(H,14,15). The van der Waals surface area contributed by atoms with Gasteiger partial charge in [0.1, 0.15) is 6.04 Å². The summed E-state index contributed by atoms with van der Waals surface area (Å²) in [7, 11) is 0. The van der Waals surface area contributed by atoms with Gasteiger partial charge in [-0.1, -0.05) is 19.8 Å². The minimum Gasteiger partial charge on any atom is -0.480 e. The Morgan fingerprint density at radius 3 is 2.69 bits per heavy atom. The molecular weight excluding hydrogens is 226 g/mol. The molecule has 96 valence electrons. The number of hydrogen-bond donors (Lipinski definition) is 3. The minimum atomic E-state index is -0.756. The first-order valence-electron chi connectivity index (χ1n) is 5.87. The lowest BCUT2D eigenvalue weighted by Gasteiger charge is -2.13. The van der Waals surface area contributed by atoms with E-state index in [1.807, 2.05) is 0 Å². The Labute approximate surface area is 102 Å². The van der Waals surface area contributed by atoms with Gasteiger partial charge >= 0.3 is 5.97 Å². The number of aliphatic hydroxyl groups excluding tert-OH is 1. The maximum Gasteiger partial charge on any atom is 0.320 e. The van der Waals surface area contributed by atoms with Crippen LogP contribution in [0.1, 0.15) is 32.6 Å². The van der Waals surface area contributed by atoms with Gasteiger partial charge in [0.15, 0.2) is 0 Å². The van der Waals surface area contributed by atoms with Gasteiger partial charge in [-0.2, -0.15) is 11.8 Å². The highest BCUT2D eigenvalue weighted by atomic mass is 32.2. The molecule has 4 nitrogen and oxygen atoms in total. The van der Waals surface area contributed by atoms with Crippen molar-refractivity contribution in [2.45, 2.75) is 38.6 Å². The molecule has 1 unspecified atom stereocenters. The Hall–Kier alpha value is -0.260. The van der Waals surface area contributed by atoms with Crippen molar-refractivity contribution in [2.24, 2.45) is 0 Å². The Kier molecular flexibility index (Phi) is 11.0. The third-order valence-corrected chi connectivity index (χ3v) is 3.30. The van der Waals surface area contributed by atoms with E-state index in [4.69, 9.17) is 10.2 Å². The van der Waals surface area contributed by atoms with Crippen LogP contribution in [0.4, 0.5) is 0 Å². The molecule has 0 saturated heterocycles. The van der Waals surface area contributed by atoms with E-state index in [-0.39, 0.29) is 6.61 Å². The molecule has 0 aliphatic carbocycles. The average Bonchev–Trinajstić information content (AvgIpc) is 2.26. The Bertz CT molecular complexity index is 179. The van der Waals surface area contributed by atoms with Gasteiger partial charge in [0, 0.05) is 18.9 Å². The summed E-state index contributed by atoms with van der Waals surface area (Å²) in [6, 6.07) is -0.404. The van der Waals surface area contributed by atoms with Gasteiger partial charge in [0.05, 0.1) is 0 Å². The van der Waals surface area contributed by atoms with Crippen LogP contribution in [-0.2, 0) is 4.79 Å². The van der Waals surface area contributed by atoms with Crippen molar-refractivity contribution in [1.82, 2.24) is 5.32 Å². The van der Waals surface area contributed by atoms with Crippen LogP contribution in [-0.4, -0.2) is 46.9 Å². The quantitative estimate of drug-likeness (QED) is 0.482. The second-order valence-corrected chi connectivity index (χ2v) is 4.90. The number of rotatable bonds is 11. The van der Waals surface area contributed by atoms with E-state index >= 15 is 0 Å². The van der Waals surface area contributed by atoms with Crippen molar-refractivity contribution >= 4 is 17.7 Å². The molecule has 0 aromatic carbocycles. The average molecular weight is 249 g/mol. The largest absolute Gasteiger partial charge is 0.480 e. The molecule has 0 aromatic heterocycles. The summed E-state index contributed by atoms with van der Waals surface area (Å²) < 4.78 is 0. The van der Waals surface area contributed by atoms with Gasteiger partial charge in [-0.25, -0.2) is 0 Å². The van der Waals surface area contributed by atoms with Crippen molar-refractivity contribution in [3.8, 4) is 0 Å². The highest BCUT2D eigenvalue weighted by Crippen LogP contribution is 2.03. The van der Waals surface area contributed by atoms with Crippen LogP contribution >= 0.6 is 11.8 Å². The van der Waals surface area contributed by atoms with Crippen molar-refractivity contribution < 1.29 is 15.0 Å². The number of nitrogens with one attached hydrogen (secondary N) is 1. The second-order valence-electron chi connectivity index (χ2n) is 3.68. The van der Waals surface area contributed by atoms with E-state index in [1.54, 1.807) is 11.8 Å². The van der Waals surface area contributed by atoms with E-state index in [9.17, 15) is 4.79 Å². The van der Waals surface area contributed by atoms with Crippen LogP contribution in [0.3, 0.4) is 0 Å². The number of carbonyl (C=O) groups is 1. The molecule has 0 spiro atoms. The first-order chi connectivity index (χ1) is 7.72. The van der Waals surface area contributed by atoms with E-state index in [2.05, 4.69) is 12.2 Å². The monoisotopic (exact) mass is 249 g/mol. The SMILES string of the molecule is CCCCC(NCCSCCCO)C(=O)O. The van der Waals surface area contributed by atoms with Crippen LogP contribution in [0, 0.1) is 0 Å². The van der Waals surface area contributed by atoms with Gasteiger partial charge in [-0.15, -0.1) is 0 Å². The van der Waals surface area contributed by atoms with Crippen LogP contribution < -0.4 is 5.32 Å². The molecule has 0 fully saturated rings. The molecule has 16 heavy (non-hydrogen) atoms.